The Labute approximate surface area is 140 Å². The van der Waals surface area contributed by atoms with Crippen LogP contribution in [-0.2, 0) is 26.0 Å². The topological polar surface area (TPSA) is 61.8 Å². The quantitative estimate of drug-likeness (QED) is 0.298. The summed E-state index contributed by atoms with van der Waals surface area (Å²) in [4.78, 5) is 4.44. The van der Waals surface area contributed by atoms with Gasteiger partial charge in [-0.2, -0.15) is 8.42 Å². The second kappa shape index (κ2) is 11.4. The minimum Gasteiger partial charge on any atom is -0.360 e. The third-order valence-electron chi connectivity index (χ3n) is 3.46. The summed E-state index contributed by atoms with van der Waals surface area (Å²) in [5.41, 5.74) is 0.865. The molecule has 0 heterocycles. The van der Waals surface area contributed by atoms with Gasteiger partial charge in [-0.25, -0.2) is 4.89 Å². The SMILES string of the molecule is CCCCCCCCCc1ccccc1OS(=O)(=O)OOCC. The first-order chi connectivity index (χ1) is 11.1. The van der Waals surface area contributed by atoms with Crippen LogP contribution in [0.2, 0.25) is 0 Å². The van der Waals surface area contributed by atoms with Gasteiger partial charge in [0.1, 0.15) is 5.75 Å². The zero-order valence-electron chi connectivity index (χ0n) is 14.1. The molecule has 0 unspecified atom stereocenters. The van der Waals surface area contributed by atoms with Crippen LogP contribution in [0, 0.1) is 0 Å². The Kier molecular flexibility index (Phi) is 9.91. The number of hydrogen-bond acceptors (Lipinski definition) is 5. The Morgan fingerprint density at radius 3 is 2.26 bits per heavy atom. The van der Waals surface area contributed by atoms with Crippen LogP contribution in [0.25, 0.3) is 0 Å². The average Bonchev–Trinajstić information content (AvgIpc) is 2.53. The van der Waals surface area contributed by atoms with Crippen molar-refractivity contribution in [3.05, 3.63) is 29.8 Å². The van der Waals surface area contributed by atoms with Gasteiger partial charge < -0.3 is 4.18 Å². The van der Waals surface area contributed by atoms with Gasteiger partial charge in [0, 0.05) is 0 Å². The van der Waals surface area contributed by atoms with Gasteiger partial charge in [-0.15, -0.1) is 0 Å². The van der Waals surface area contributed by atoms with Crippen LogP contribution >= 0.6 is 0 Å². The first-order valence-corrected chi connectivity index (χ1v) is 9.75. The highest BCUT2D eigenvalue weighted by Gasteiger charge is 2.17. The largest absolute Gasteiger partial charge is 0.476 e. The number of benzene rings is 1. The molecular weight excluding hydrogens is 316 g/mol. The molecule has 0 bridgehead atoms. The molecule has 1 aromatic carbocycles. The second-order valence-electron chi connectivity index (χ2n) is 5.45. The third-order valence-corrected chi connectivity index (χ3v) is 4.11. The van der Waals surface area contributed by atoms with Crippen LogP contribution in [0.5, 0.6) is 5.75 Å². The smallest absolute Gasteiger partial charge is 0.360 e. The first-order valence-electron chi connectivity index (χ1n) is 8.42. The van der Waals surface area contributed by atoms with Crippen molar-refractivity contribution < 1.29 is 21.8 Å². The minimum atomic E-state index is -4.19. The first kappa shape index (κ1) is 19.9. The average molecular weight is 344 g/mol. The molecule has 1 aromatic rings. The molecule has 1 rings (SSSR count). The van der Waals surface area contributed by atoms with E-state index in [1.807, 2.05) is 12.1 Å². The molecule has 0 amide bonds. The third kappa shape index (κ3) is 8.93. The molecule has 0 saturated carbocycles. The molecule has 0 atom stereocenters. The van der Waals surface area contributed by atoms with Crippen LogP contribution in [0.15, 0.2) is 24.3 Å². The van der Waals surface area contributed by atoms with Crippen LogP contribution < -0.4 is 4.18 Å². The Balaban J connectivity index is 2.44. The van der Waals surface area contributed by atoms with Gasteiger partial charge in [0.05, 0.1) is 6.61 Å². The molecule has 0 aliphatic carbocycles. The number of hydrogen-bond donors (Lipinski definition) is 0. The van der Waals surface area contributed by atoms with Crippen molar-refractivity contribution in [3.63, 3.8) is 0 Å². The van der Waals surface area contributed by atoms with E-state index in [1.54, 1.807) is 19.1 Å². The van der Waals surface area contributed by atoms with Gasteiger partial charge in [-0.1, -0.05) is 68.0 Å². The van der Waals surface area contributed by atoms with Crippen LogP contribution in [0.3, 0.4) is 0 Å². The lowest BCUT2D eigenvalue weighted by Gasteiger charge is -2.10. The van der Waals surface area contributed by atoms with Gasteiger partial charge in [-0.3, -0.25) is 0 Å². The highest BCUT2D eigenvalue weighted by Crippen LogP contribution is 2.23. The number of aryl methyl sites for hydroxylation is 1. The van der Waals surface area contributed by atoms with E-state index >= 15 is 0 Å². The normalized spacial score (nSPS) is 11.6. The maximum atomic E-state index is 11.6. The molecule has 0 aliphatic heterocycles. The Hall–Kier alpha value is -1.11. The fraction of sp³-hybridized carbons (Fsp3) is 0.647. The summed E-state index contributed by atoms with van der Waals surface area (Å²) in [6.45, 7) is 3.96. The predicted molar refractivity (Wildman–Crippen MR) is 90.4 cm³/mol. The fourth-order valence-corrected chi connectivity index (χ4v) is 2.92. The Morgan fingerprint density at radius 1 is 0.913 bits per heavy atom. The minimum absolute atomic E-state index is 0.127. The summed E-state index contributed by atoms with van der Waals surface area (Å²) in [6.07, 6.45) is 9.27. The maximum Gasteiger partial charge on any atom is 0.476 e. The highest BCUT2D eigenvalue weighted by molar-refractivity contribution is 7.82. The van der Waals surface area contributed by atoms with E-state index in [4.69, 9.17) is 4.18 Å². The molecule has 0 aromatic heterocycles. The van der Waals surface area contributed by atoms with Gasteiger partial charge in [0.15, 0.2) is 0 Å². The van der Waals surface area contributed by atoms with Crippen molar-refractivity contribution in [1.29, 1.82) is 0 Å². The lowest BCUT2D eigenvalue weighted by Crippen LogP contribution is -2.14. The van der Waals surface area contributed by atoms with Gasteiger partial charge in [-0.05, 0) is 31.4 Å². The summed E-state index contributed by atoms with van der Waals surface area (Å²) in [5, 5.41) is 0. The summed E-state index contributed by atoms with van der Waals surface area (Å²) < 4.78 is 32.5. The molecule has 0 saturated heterocycles. The molecule has 0 radical (unpaired) electrons. The van der Waals surface area contributed by atoms with Gasteiger partial charge in [0.25, 0.3) is 0 Å². The number of rotatable bonds is 13. The lowest BCUT2D eigenvalue weighted by atomic mass is 10.0. The molecule has 132 valence electrons. The Bertz CT molecular complexity index is 528. The van der Waals surface area contributed by atoms with Crippen molar-refractivity contribution in [2.75, 3.05) is 6.61 Å². The maximum absolute atomic E-state index is 11.6. The predicted octanol–water partition coefficient (Wildman–Crippen LogP) is 4.57. The summed E-state index contributed by atoms with van der Waals surface area (Å²) in [6, 6.07) is 7.12. The van der Waals surface area contributed by atoms with Crippen molar-refractivity contribution >= 4 is 10.4 Å². The van der Waals surface area contributed by atoms with E-state index in [0.29, 0.717) is 5.75 Å². The van der Waals surface area contributed by atoms with E-state index in [-0.39, 0.29) is 6.61 Å². The summed E-state index contributed by atoms with van der Waals surface area (Å²) in [7, 11) is -4.19. The molecular formula is C17H28O5S. The second-order valence-corrected chi connectivity index (χ2v) is 6.56. The van der Waals surface area contributed by atoms with Crippen LogP contribution in [0.4, 0.5) is 0 Å². The molecule has 0 fully saturated rings. The molecule has 6 heteroatoms. The highest BCUT2D eigenvalue weighted by atomic mass is 32.3. The Morgan fingerprint density at radius 2 is 1.57 bits per heavy atom. The molecule has 23 heavy (non-hydrogen) atoms. The van der Waals surface area contributed by atoms with Crippen molar-refractivity contribution in [1.82, 2.24) is 0 Å². The summed E-state index contributed by atoms with van der Waals surface area (Å²) in [5.74, 6) is 0.304. The van der Waals surface area contributed by atoms with E-state index in [0.717, 1.165) is 24.8 Å². The van der Waals surface area contributed by atoms with Gasteiger partial charge >= 0.3 is 10.4 Å². The standard InChI is InChI=1S/C17H28O5S/c1-3-5-6-7-8-9-10-13-16-14-11-12-15-17(16)21-23(18,19)22-20-4-2/h11-12,14-15H,3-10,13H2,1-2H3. The molecule has 5 nitrogen and oxygen atoms in total. The number of para-hydroxylation sites is 1. The number of unbranched alkanes of at least 4 members (excludes halogenated alkanes) is 6. The summed E-state index contributed by atoms with van der Waals surface area (Å²) >= 11 is 0. The van der Waals surface area contributed by atoms with E-state index < -0.39 is 10.4 Å². The monoisotopic (exact) mass is 344 g/mol. The van der Waals surface area contributed by atoms with Crippen molar-refractivity contribution in [3.8, 4) is 5.75 Å². The van der Waals surface area contributed by atoms with Crippen LogP contribution in [-0.4, -0.2) is 15.0 Å². The lowest BCUT2D eigenvalue weighted by molar-refractivity contribution is -0.202. The molecule has 0 spiro atoms. The molecule has 0 aliphatic rings. The zero-order valence-corrected chi connectivity index (χ0v) is 14.9. The molecule has 0 N–H and O–H groups in total. The van der Waals surface area contributed by atoms with Crippen LogP contribution in [0.1, 0.15) is 64.4 Å². The van der Waals surface area contributed by atoms with Crippen molar-refractivity contribution in [2.45, 2.75) is 65.2 Å². The fourth-order valence-electron chi connectivity index (χ4n) is 2.30. The van der Waals surface area contributed by atoms with Gasteiger partial charge in [0.2, 0.25) is 0 Å². The zero-order chi connectivity index (χ0) is 17.0. The van der Waals surface area contributed by atoms with E-state index in [2.05, 4.69) is 16.1 Å². The van der Waals surface area contributed by atoms with Crippen molar-refractivity contribution in [2.24, 2.45) is 0 Å². The van der Waals surface area contributed by atoms with E-state index in [1.165, 1.54) is 32.1 Å². The van der Waals surface area contributed by atoms with E-state index in [9.17, 15) is 8.42 Å².